The molecule has 2 heteroatoms. The lowest BCUT2D eigenvalue weighted by Crippen LogP contribution is -2.45. The van der Waals surface area contributed by atoms with Gasteiger partial charge in [-0.1, -0.05) is 6.92 Å². The van der Waals surface area contributed by atoms with E-state index in [1.807, 2.05) is 0 Å². The summed E-state index contributed by atoms with van der Waals surface area (Å²) in [7, 11) is 0. The molecule has 0 amide bonds. The van der Waals surface area contributed by atoms with E-state index in [4.69, 9.17) is 0 Å². The molecule has 1 unspecified atom stereocenters. The average molecular weight is 276 g/mol. The highest BCUT2D eigenvalue weighted by atomic mass is 16.3. The van der Waals surface area contributed by atoms with Crippen molar-refractivity contribution in [2.75, 3.05) is 0 Å². The maximum atomic E-state index is 12.0. The molecule has 0 aromatic carbocycles. The standard InChI is InChI=1S/C18H28O2/c1-18-5-4-12-6-13-7-14(19)3-2-11(13)8-16(12)17(18)9-15(20)10-18/h11-14,16-17,19H,2-10H2,1H3/t11?,12-,13-,14+,16-,17+,18-/m0/s1. The van der Waals surface area contributed by atoms with Crippen LogP contribution in [0.2, 0.25) is 0 Å². The molecule has 0 aliphatic heterocycles. The van der Waals surface area contributed by atoms with E-state index >= 15 is 0 Å². The van der Waals surface area contributed by atoms with Gasteiger partial charge in [-0.2, -0.15) is 0 Å². The van der Waals surface area contributed by atoms with Crippen LogP contribution in [0.3, 0.4) is 0 Å². The second-order valence-electron chi connectivity index (χ2n) is 8.60. The van der Waals surface area contributed by atoms with Crippen molar-refractivity contribution in [3.8, 4) is 0 Å². The molecule has 2 nitrogen and oxygen atoms in total. The third-order valence-corrected chi connectivity index (χ3v) is 7.44. The summed E-state index contributed by atoms with van der Waals surface area (Å²) < 4.78 is 0. The highest BCUT2D eigenvalue weighted by Crippen LogP contribution is 2.60. The first kappa shape index (κ1) is 13.3. The number of aliphatic hydroxyl groups excluding tert-OH is 1. The van der Waals surface area contributed by atoms with E-state index in [1.165, 1.54) is 32.1 Å². The lowest BCUT2D eigenvalue weighted by molar-refractivity contribution is -0.118. The lowest BCUT2D eigenvalue weighted by atomic mass is 9.52. The lowest BCUT2D eigenvalue weighted by Gasteiger charge is -2.53. The Morgan fingerprint density at radius 3 is 2.75 bits per heavy atom. The molecule has 4 fully saturated rings. The Bertz CT molecular complexity index is 418. The number of carbonyl (C=O) groups is 1. The predicted molar refractivity (Wildman–Crippen MR) is 78.1 cm³/mol. The molecule has 0 spiro atoms. The summed E-state index contributed by atoms with van der Waals surface area (Å²) in [5.41, 5.74) is 0.333. The van der Waals surface area contributed by atoms with Gasteiger partial charge in [0, 0.05) is 12.8 Å². The van der Waals surface area contributed by atoms with E-state index in [0.717, 1.165) is 49.4 Å². The van der Waals surface area contributed by atoms with E-state index in [1.54, 1.807) is 0 Å². The molecule has 4 aliphatic rings. The molecule has 1 N–H and O–H groups in total. The van der Waals surface area contributed by atoms with Gasteiger partial charge in [0.1, 0.15) is 5.78 Å². The quantitative estimate of drug-likeness (QED) is 0.734. The van der Waals surface area contributed by atoms with Crippen molar-refractivity contribution in [2.24, 2.45) is 35.0 Å². The largest absolute Gasteiger partial charge is 0.393 e. The van der Waals surface area contributed by atoms with Gasteiger partial charge >= 0.3 is 0 Å². The number of ketones is 1. The molecular formula is C18H28O2. The van der Waals surface area contributed by atoms with E-state index < -0.39 is 0 Å². The first-order valence-corrected chi connectivity index (χ1v) is 8.75. The topological polar surface area (TPSA) is 37.3 Å². The van der Waals surface area contributed by atoms with Crippen LogP contribution in [-0.4, -0.2) is 17.0 Å². The number of Topliss-reactive ketones (excluding diaryl/α,β-unsaturated/α-hetero) is 1. The van der Waals surface area contributed by atoms with Gasteiger partial charge in [-0.15, -0.1) is 0 Å². The van der Waals surface area contributed by atoms with Crippen LogP contribution in [-0.2, 0) is 4.79 Å². The Morgan fingerprint density at radius 2 is 1.90 bits per heavy atom. The zero-order valence-corrected chi connectivity index (χ0v) is 12.7. The monoisotopic (exact) mass is 276 g/mol. The van der Waals surface area contributed by atoms with Crippen molar-refractivity contribution in [2.45, 2.75) is 70.8 Å². The first-order chi connectivity index (χ1) is 9.55. The Labute approximate surface area is 122 Å². The highest BCUT2D eigenvalue weighted by molar-refractivity contribution is 5.82. The van der Waals surface area contributed by atoms with Crippen molar-refractivity contribution in [1.29, 1.82) is 0 Å². The fourth-order valence-electron chi connectivity index (χ4n) is 6.43. The summed E-state index contributed by atoms with van der Waals surface area (Å²) >= 11 is 0. The molecule has 4 rings (SSSR count). The summed E-state index contributed by atoms with van der Waals surface area (Å²) in [6, 6.07) is 0. The second-order valence-corrected chi connectivity index (χ2v) is 8.60. The molecule has 112 valence electrons. The summed E-state index contributed by atoms with van der Waals surface area (Å²) in [5, 5.41) is 9.93. The molecule has 7 atom stereocenters. The molecule has 4 saturated carbocycles. The molecule has 4 aliphatic carbocycles. The Kier molecular flexibility index (Phi) is 3.03. The van der Waals surface area contributed by atoms with Crippen LogP contribution in [0.25, 0.3) is 0 Å². The van der Waals surface area contributed by atoms with Crippen LogP contribution < -0.4 is 0 Å². The van der Waals surface area contributed by atoms with Crippen LogP contribution >= 0.6 is 0 Å². The van der Waals surface area contributed by atoms with Gasteiger partial charge in [-0.25, -0.2) is 0 Å². The number of hydrogen-bond acceptors (Lipinski definition) is 2. The van der Waals surface area contributed by atoms with Crippen LogP contribution in [0.4, 0.5) is 0 Å². The minimum atomic E-state index is -0.0327. The number of hydrogen-bond donors (Lipinski definition) is 1. The number of aliphatic hydroxyl groups is 1. The maximum Gasteiger partial charge on any atom is 0.133 e. The van der Waals surface area contributed by atoms with Crippen molar-refractivity contribution < 1.29 is 9.90 Å². The molecule has 20 heavy (non-hydrogen) atoms. The molecule has 0 aromatic heterocycles. The number of rotatable bonds is 0. The normalized spacial score (nSPS) is 55.0. The van der Waals surface area contributed by atoms with Crippen molar-refractivity contribution >= 4 is 5.78 Å². The zero-order chi connectivity index (χ0) is 13.9. The zero-order valence-electron chi connectivity index (χ0n) is 12.7. The number of carbonyl (C=O) groups excluding carboxylic acids is 1. The van der Waals surface area contributed by atoms with Gasteiger partial charge in [0.15, 0.2) is 0 Å². The first-order valence-electron chi connectivity index (χ1n) is 8.75. The van der Waals surface area contributed by atoms with Crippen molar-refractivity contribution in [3.63, 3.8) is 0 Å². The summed E-state index contributed by atoms with van der Waals surface area (Å²) in [5.74, 6) is 4.50. The van der Waals surface area contributed by atoms with E-state index in [2.05, 4.69) is 6.92 Å². The minimum absolute atomic E-state index is 0.0327. The average Bonchev–Trinajstić information content (AvgIpc) is 2.71. The number of fused-ring (bicyclic) bond motifs is 4. The van der Waals surface area contributed by atoms with Crippen LogP contribution in [0.1, 0.15) is 64.7 Å². The molecule has 0 aromatic rings. The van der Waals surface area contributed by atoms with Gasteiger partial charge < -0.3 is 5.11 Å². The van der Waals surface area contributed by atoms with Crippen molar-refractivity contribution in [3.05, 3.63) is 0 Å². The third-order valence-electron chi connectivity index (χ3n) is 7.44. The predicted octanol–water partition coefficient (Wildman–Crippen LogP) is 3.57. The van der Waals surface area contributed by atoms with Gasteiger partial charge in [-0.3, -0.25) is 4.79 Å². The van der Waals surface area contributed by atoms with Gasteiger partial charge in [0.2, 0.25) is 0 Å². The molecule has 0 radical (unpaired) electrons. The minimum Gasteiger partial charge on any atom is -0.393 e. The molecular weight excluding hydrogens is 248 g/mol. The maximum absolute atomic E-state index is 12.0. The van der Waals surface area contributed by atoms with E-state index in [9.17, 15) is 9.90 Å². The summed E-state index contributed by atoms with van der Waals surface area (Å²) in [6.45, 7) is 2.38. The SMILES string of the molecule is C[C@@]12CC[C@H]3C[C@H]4C[C@H](O)CCC4C[C@@H]3[C@H]1CC(=O)C2. The van der Waals surface area contributed by atoms with Gasteiger partial charge in [0.05, 0.1) is 6.10 Å². The molecule has 0 saturated heterocycles. The van der Waals surface area contributed by atoms with E-state index in [-0.39, 0.29) is 6.10 Å². The van der Waals surface area contributed by atoms with Gasteiger partial charge in [0.25, 0.3) is 0 Å². The van der Waals surface area contributed by atoms with Crippen LogP contribution in [0, 0.1) is 35.0 Å². The van der Waals surface area contributed by atoms with Crippen LogP contribution in [0.5, 0.6) is 0 Å². The Hall–Kier alpha value is -0.370. The fraction of sp³-hybridized carbons (Fsp3) is 0.944. The smallest absolute Gasteiger partial charge is 0.133 e. The highest BCUT2D eigenvalue weighted by Gasteiger charge is 2.54. The molecule has 0 heterocycles. The summed E-state index contributed by atoms with van der Waals surface area (Å²) in [6.07, 6.45) is 10.3. The van der Waals surface area contributed by atoms with Crippen molar-refractivity contribution in [1.82, 2.24) is 0 Å². The van der Waals surface area contributed by atoms with Gasteiger partial charge in [-0.05, 0) is 80.0 Å². The fourth-order valence-corrected chi connectivity index (χ4v) is 6.43. The Morgan fingerprint density at radius 1 is 1.05 bits per heavy atom. The van der Waals surface area contributed by atoms with E-state index in [0.29, 0.717) is 17.1 Å². The molecule has 0 bridgehead atoms. The van der Waals surface area contributed by atoms with Crippen LogP contribution in [0.15, 0.2) is 0 Å². The third kappa shape index (κ3) is 1.98. The summed E-state index contributed by atoms with van der Waals surface area (Å²) in [4.78, 5) is 12.0. The Balaban J connectivity index is 1.55. The second kappa shape index (κ2) is 4.56.